The van der Waals surface area contributed by atoms with Gasteiger partial charge in [0.1, 0.15) is 11.3 Å². The number of aldehydes is 1. The number of hydrogen-bond donors (Lipinski definition) is 0. The molecule has 0 N–H and O–H groups in total. The van der Waals surface area contributed by atoms with Crippen LogP contribution in [0.3, 0.4) is 0 Å². The topological polar surface area (TPSA) is 46.6 Å². The molecular weight excluding hydrogens is 230 g/mol. The minimum Gasteiger partial charge on any atom is -0.353 e. The molecule has 0 bridgehead atoms. The van der Waals surface area contributed by atoms with Crippen molar-refractivity contribution in [2.75, 3.05) is 6.61 Å². The van der Waals surface area contributed by atoms with Crippen LogP contribution in [0.2, 0.25) is 0 Å². The third-order valence-corrected chi connectivity index (χ3v) is 3.37. The Bertz CT molecular complexity index is 469. The average molecular weight is 247 g/mol. The summed E-state index contributed by atoms with van der Waals surface area (Å²) in [5.74, 6) is -0.173. The number of ether oxygens (including phenoxy) is 1. The molecule has 18 heavy (non-hydrogen) atoms. The highest BCUT2D eigenvalue weighted by Gasteiger charge is 2.54. The van der Waals surface area contributed by atoms with Crippen LogP contribution in [0.4, 0.5) is 0 Å². The quantitative estimate of drug-likeness (QED) is 0.747. The van der Waals surface area contributed by atoms with Crippen LogP contribution in [0.5, 0.6) is 0 Å². The standard InChI is InChI=1S/C14H17NO3/c1-11(17)15-13(2,3)18-10-14(15,9-16)12-7-5-4-6-8-12/h4-9H,10H2,1-3H3/t14-/m0/s1. The van der Waals surface area contributed by atoms with Gasteiger partial charge in [-0.05, 0) is 19.4 Å². The monoisotopic (exact) mass is 247 g/mol. The summed E-state index contributed by atoms with van der Waals surface area (Å²) >= 11 is 0. The van der Waals surface area contributed by atoms with E-state index >= 15 is 0 Å². The first kappa shape index (κ1) is 12.8. The molecular formula is C14H17NO3. The van der Waals surface area contributed by atoms with E-state index in [1.165, 1.54) is 11.8 Å². The van der Waals surface area contributed by atoms with Crippen LogP contribution in [0.15, 0.2) is 30.3 Å². The number of nitrogens with zero attached hydrogens (tertiary/aromatic N) is 1. The van der Waals surface area contributed by atoms with Gasteiger partial charge < -0.3 is 9.53 Å². The van der Waals surface area contributed by atoms with E-state index < -0.39 is 11.3 Å². The summed E-state index contributed by atoms with van der Waals surface area (Å²) in [4.78, 5) is 25.1. The van der Waals surface area contributed by atoms with E-state index in [0.717, 1.165) is 11.8 Å². The van der Waals surface area contributed by atoms with Crippen molar-refractivity contribution in [1.82, 2.24) is 4.90 Å². The Morgan fingerprint density at radius 2 is 1.94 bits per heavy atom. The molecule has 96 valence electrons. The predicted octanol–water partition coefficient (Wildman–Crippen LogP) is 1.70. The van der Waals surface area contributed by atoms with Gasteiger partial charge in [-0.25, -0.2) is 0 Å². The molecule has 0 spiro atoms. The zero-order valence-electron chi connectivity index (χ0n) is 10.8. The van der Waals surface area contributed by atoms with Gasteiger partial charge in [-0.2, -0.15) is 0 Å². The summed E-state index contributed by atoms with van der Waals surface area (Å²) in [6, 6.07) is 9.26. The molecule has 1 aliphatic heterocycles. The van der Waals surface area contributed by atoms with Crippen LogP contribution in [-0.2, 0) is 19.9 Å². The molecule has 4 nitrogen and oxygen atoms in total. The molecule has 1 aromatic carbocycles. The highest BCUT2D eigenvalue weighted by atomic mass is 16.5. The van der Waals surface area contributed by atoms with E-state index in [9.17, 15) is 9.59 Å². The maximum Gasteiger partial charge on any atom is 0.222 e. The molecule has 1 saturated heterocycles. The summed E-state index contributed by atoms with van der Waals surface area (Å²) in [7, 11) is 0. The molecule has 0 aliphatic carbocycles. The van der Waals surface area contributed by atoms with Crippen LogP contribution < -0.4 is 0 Å². The van der Waals surface area contributed by atoms with Crippen molar-refractivity contribution in [2.45, 2.75) is 32.0 Å². The molecule has 1 aliphatic rings. The Balaban J connectivity index is 2.57. The van der Waals surface area contributed by atoms with E-state index in [-0.39, 0.29) is 12.5 Å². The van der Waals surface area contributed by atoms with Gasteiger partial charge in [-0.1, -0.05) is 30.3 Å². The van der Waals surface area contributed by atoms with Gasteiger partial charge in [0.25, 0.3) is 0 Å². The maximum atomic E-state index is 11.9. The van der Waals surface area contributed by atoms with E-state index in [2.05, 4.69) is 0 Å². The zero-order chi connectivity index (χ0) is 13.4. The second-order valence-electron chi connectivity index (χ2n) is 5.00. The Morgan fingerprint density at radius 1 is 1.33 bits per heavy atom. The van der Waals surface area contributed by atoms with Crippen LogP contribution in [-0.4, -0.2) is 29.4 Å². The van der Waals surface area contributed by atoms with Crippen LogP contribution in [0.1, 0.15) is 26.3 Å². The lowest BCUT2D eigenvalue weighted by Gasteiger charge is -2.38. The number of rotatable bonds is 2. The Hall–Kier alpha value is -1.68. The van der Waals surface area contributed by atoms with Gasteiger partial charge in [0.05, 0.1) is 6.61 Å². The van der Waals surface area contributed by atoms with Crippen molar-refractivity contribution >= 4 is 12.2 Å². The third-order valence-electron chi connectivity index (χ3n) is 3.37. The van der Waals surface area contributed by atoms with Crippen LogP contribution in [0, 0.1) is 0 Å². The summed E-state index contributed by atoms with van der Waals surface area (Å²) in [5, 5.41) is 0. The lowest BCUT2D eigenvalue weighted by atomic mass is 9.90. The minimum absolute atomic E-state index is 0.173. The van der Waals surface area contributed by atoms with E-state index in [1.807, 2.05) is 30.3 Å². The first-order valence-corrected chi connectivity index (χ1v) is 5.91. The number of amides is 1. The predicted molar refractivity (Wildman–Crippen MR) is 66.7 cm³/mol. The van der Waals surface area contributed by atoms with Gasteiger partial charge in [0.2, 0.25) is 5.91 Å². The molecule has 1 fully saturated rings. The minimum atomic E-state index is -1.02. The van der Waals surface area contributed by atoms with Gasteiger partial charge in [0, 0.05) is 6.92 Å². The maximum absolute atomic E-state index is 11.9. The van der Waals surface area contributed by atoms with Crippen molar-refractivity contribution in [3.05, 3.63) is 35.9 Å². The molecule has 1 aromatic rings. The lowest BCUT2D eigenvalue weighted by molar-refractivity contribution is -0.150. The number of carbonyl (C=O) groups is 2. The molecule has 1 atom stereocenters. The summed E-state index contributed by atoms with van der Waals surface area (Å²) in [6.07, 6.45) is 0.804. The smallest absolute Gasteiger partial charge is 0.222 e. The Kier molecular flexibility index (Phi) is 2.99. The molecule has 4 heteroatoms. The number of benzene rings is 1. The first-order valence-electron chi connectivity index (χ1n) is 5.91. The average Bonchev–Trinajstić information content (AvgIpc) is 2.63. The molecule has 0 unspecified atom stereocenters. The molecule has 0 aromatic heterocycles. The third kappa shape index (κ3) is 1.73. The van der Waals surface area contributed by atoms with Crippen molar-refractivity contribution in [3.8, 4) is 0 Å². The van der Waals surface area contributed by atoms with E-state index in [4.69, 9.17) is 4.74 Å². The molecule has 0 saturated carbocycles. The normalized spacial score (nSPS) is 26.1. The molecule has 0 radical (unpaired) electrons. The molecule has 2 rings (SSSR count). The second-order valence-corrected chi connectivity index (χ2v) is 5.00. The van der Waals surface area contributed by atoms with E-state index in [0.29, 0.717) is 0 Å². The summed E-state index contributed by atoms with van der Waals surface area (Å²) in [6.45, 7) is 5.23. The fourth-order valence-electron chi connectivity index (χ4n) is 2.65. The number of hydrogen-bond acceptors (Lipinski definition) is 3. The zero-order valence-corrected chi connectivity index (χ0v) is 10.8. The first-order chi connectivity index (χ1) is 8.44. The van der Waals surface area contributed by atoms with E-state index in [1.54, 1.807) is 13.8 Å². The van der Waals surface area contributed by atoms with Gasteiger partial charge in [-0.3, -0.25) is 9.69 Å². The van der Waals surface area contributed by atoms with Crippen molar-refractivity contribution in [2.24, 2.45) is 0 Å². The fourth-order valence-corrected chi connectivity index (χ4v) is 2.65. The Morgan fingerprint density at radius 3 is 2.44 bits per heavy atom. The van der Waals surface area contributed by atoms with Gasteiger partial charge in [-0.15, -0.1) is 0 Å². The molecule has 1 heterocycles. The summed E-state index contributed by atoms with van der Waals surface area (Å²) in [5.41, 5.74) is -1.01. The van der Waals surface area contributed by atoms with Crippen molar-refractivity contribution in [3.63, 3.8) is 0 Å². The van der Waals surface area contributed by atoms with Crippen LogP contribution >= 0.6 is 0 Å². The fraction of sp³-hybridized carbons (Fsp3) is 0.429. The Labute approximate surface area is 107 Å². The second kappa shape index (κ2) is 4.21. The molecule has 1 amide bonds. The largest absolute Gasteiger partial charge is 0.353 e. The highest BCUT2D eigenvalue weighted by molar-refractivity contribution is 5.82. The highest BCUT2D eigenvalue weighted by Crippen LogP contribution is 2.40. The van der Waals surface area contributed by atoms with Gasteiger partial charge in [0.15, 0.2) is 6.29 Å². The lowest BCUT2D eigenvalue weighted by Crippen LogP contribution is -2.54. The van der Waals surface area contributed by atoms with Crippen molar-refractivity contribution < 1.29 is 14.3 Å². The number of carbonyl (C=O) groups excluding carboxylic acids is 2. The SMILES string of the molecule is CC(=O)N1C(C)(C)OC[C@@]1(C=O)c1ccccc1. The van der Waals surface area contributed by atoms with Crippen LogP contribution in [0.25, 0.3) is 0 Å². The van der Waals surface area contributed by atoms with Crippen molar-refractivity contribution in [1.29, 1.82) is 0 Å². The van der Waals surface area contributed by atoms with Gasteiger partial charge >= 0.3 is 0 Å². The summed E-state index contributed by atoms with van der Waals surface area (Å²) < 4.78 is 5.65.